The number of nitrogens with one attached hydrogen (secondary N) is 1. The van der Waals surface area contributed by atoms with Gasteiger partial charge in [-0.15, -0.1) is 0 Å². The second-order valence-electron chi connectivity index (χ2n) is 17.6. The summed E-state index contributed by atoms with van der Waals surface area (Å²) in [6.45, 7) is 8.52. The molecule has 0 aromatic rings. The summed E-state index contributed by atoms with van der Waals surface area (Å²) in [6, 6.07) is -1.01. The fourth-order valence-corrected chi connectivity index (χ4v) is 7.55. The molecule has 330 valence electrons. The standard InChI is InChI=1S/C43H82N2O11/c1-5-6-7-8-9-10-11-12-13-17-20-23-26-34(47)37(49)33(31-54-41-40(52)39(51)38(50)35(30-46)55-41)44-36(48)27-24-21-18-15-14-16-19-22-25-32-28-45(29-32)42(53)56-43(2,3)4/h32-35,37-41,46-47,49-52H,5-31H2,1-4H3,(H,44,48)/t33-,34+,35?,37-,38?,39?,40?,41?/m0/s1. The second-order valence-corrected chi connectivity index (χ2v) is 17.6. The number of rotatable bonds is 31. The maximum atomic E-state index is 13.0. The van der Waals surface area contributed by atoms with Crippen molar-refractivity contribution in [2.75, 3.05) is 26.3 Å². The van der Waals surface area contributed by atoms with Gasteiger partial charge in [-0.3, -0.25) is 4.79 Å². The summed E-state index contributed by atoms with van der Waals surface area (Å²) in [7, 11) is 0. The fraction of sp³-hybridized carbons (Fsp3) is 0.953. The Labute approximate surface area is 338 Å². The van der Waals surface area contributed by atoms with Crippen molar-refractivity contribution in [1.29, 1.82) is 0 Å². The zero-order valence-corrected chi connectivity index (χ0v) is 35.5. The monoisotopic (exact) mass is 803 g/mol. The Morgan fingerprint density at radius 1 is 0.750 bits per heavy atom. The Hall–Kier alpha value is -1.58. The minimum absolute atomic E-state index is 0.219. The minimum atomic E-state index is -1.62. The first kappa shape index (κ1) is 50.6. The van der Waals surface area contributed by atoms with Crippen LogP contribution in [0, 0.1) is 5.92 Å². The smallest absolute Gasteiger partial charge is 0.410 e. The van der Waals surface area contributed by atoms with Gasteiger partial charge in [-0.1, -0.05) is 129 Å². The van der Waals surface area contributed by atoms with Crippen LogP contribution in [-0.4, -0.2) is 128 Å². The van der Waals surface area contributed by atoms with E-state index in [0.29, 0.717) is 18.8 Å². The predicted molar refractivity (Wildman–Crippen MR) is 217 cm³/mol. The average molecular weight is 803 g/mol. The lowest BCUT2D eigenvalue weighted by molar-refractivity contribution is -0.303. The molecule has 0 aliphatic carbocycles. The summed E-state index contributed by atoms with van der Waals surface area (Å²) >= 11 is 0. The van der Waals surface area contributed by atoms with E-state index in [0.717, 1.165) is 77.3 Å². The number of carbonyl (C=O) groups is 2. The predicted octanol–water partition coefficient (Wildman–Crippen LogP) is 5.87. The third kappa shape index (κ3) is 20.9. The maximum Gasteiger partial charge on any atom is 0.410 e. The minimum Gasteiger partial charge on any atom is -0.444 e. The molecule has 2 heterocycles. The van der Waals surface area contributed by atoms with Crippen LogP contribution in [0.3, 0.4) is 0 Å². The van der Waals surface area contributed by atoms with Crippen molar-refractivity contribution in [3.05, 3.63) is 0 Å². The first-order valence-corrected chi connectivity index (χ1v) is 22.3. The van der Waals surface area contributed by atoms with E-state index in [9.17, 15) is 40.2 Å². The quantitative estimate of drug-likeness (QED) is 0.0414. The summed E-state index contributed by atoms with van der Waals surface area (Å²) in [5.41, 5.74) is -0.463. The van der Waals surface area contributed by atoms with E-state index in [1.165, 1.54) is 64.2 Å². The van der Waals surface area contributed by atoms with Crippen LogP contribution in [-0.2, 0) is 19.0 Å². The van der Waals surface area contributed by atoms with Gasteiger partial charge in [0.2, 0.25) is 5.91 Å². The van der Waals surface area contributed by atoms with E-state index in [4.69, 9.17) is 14.2 Å². The van der Waals surface area contributed by atoms with E-state index in [2.05, 4.69) is 12.2 Å². The van der Waals surface area contributed by atoms with Crippen molar-refractivity contribution in [3.8, 4) is 0 Å². The zero-order valence-electron chi connectivity index (χ0n) is 35.5. The highest BCUT2D eigenvalue weighted by molar-refractivity contribution is 5.76. The van der Waals surface area contributed by atoms with Crippen molar-refractivity contribution in [2.45, 2.75) is 230 Å². The van der Waals surface area contributed by atoms with Crippen LogP contribution in [0.25, 0.3) is 0 Å². The number of unbranched alkanes of at least 4 members (excludes halogenated alkanes) is 18. The number of nitrogens with zero attached hydrogens (tertiary/aromatic N) is 1. The van der Waals surface area contributed by atoms with Crippen LogP contribution < -0.4 is 5.32 Å². The van der Waals surface area contributed by atoms with Gasteiger partial charge in [-0.2, -0.15) is 0 Å². The summed E-state index contributed by atoms with van der Waals surface area (Å²) in [4.78, 5) is 26.9. The molecular formula is C43H82N2O11. The molecule has 0 radical (unpaired) electrons. The molecule has 56 heavy (non-hydrogen) atoms. The fourth-order valence-electron chi connectivity index (χ4n) is 7.55. The van der Waals surface area contributed by atoms with Gasteiger partial charge in [0, 0.05) is 19.5 Å². The van der Waals surface area contributed by atoms with Crippen molar-refractivity contribution in [1.82, 2.24) is 10.2 Å². The number of likely N-dealkylation sites (tertiary alicyclic amines) is 1. The molecule has 0 spiro atoms. The van der Waals surface area contributed by atoms with E-state index in [-0.39, 0.29) is 25.0 Å². The molecule has 2 saturated heterocycles. The van der Waals surface area contributed by atoms with Crippen molar-refractivity contribution >= 4 is 12.0 Å². The van der Waals surface area contributed by atoms with Crippen LogP contribution in [0.2, 0.25) is 0 Å². The topological polar surface area (TPSA) is 198 Å². The largest absolute Gasteiger partial charge is 0.444 e. The highest BCUT2D eigenvalue weighted by Crippen LogP contribution is 2.25. The molecule has 2 aliphatic rings. The average Bonchev–Trinajstić information content (AvgIpc) is 3.13. The Bertz CT molecular complexity index is 1020. The Morgan fingerprint density at radius 3 is 1.80 bits per heavy atom. The number of aliphatic hydroxyl groups is 6. The van der Waals surface area contributed by atoms with E-state index in [1.54, 1.807) is 4.90 Å². The summed E-state index contributed by atoms with van der Waals surface area (Å²) in [5.74, 6) is 0.279. The van der Waals surface area contributed by atoms with Crippen LogP contribution in [0.1, 0.15) is 175 Å². The molecule has 13 heteroatoms. The molecule has 2 rings (SSSR count). The molecule has 0 aromatic heterocycles. The van der Waals surface area contributed by atoms with Gasteiger partial charge >= 0.3 is 6.09 Å². The van der Waals surface area contributed by atoms with Gasteiger partial charge in [0.25, 0.3) is 0 Å². The van der Waals surface area contributed by atoms with Gasteiger partial charge in [0.15, 0.2) is 6.29 Å². The highest BCUT2D eigenvalue weighted by atomic mass is 16.7. The molecule has 7 N–H and O–H groups in total. The van der Waals surface area contributed by atoms with Crippen LogP contribution in [0.4, 0.5) is 4.79 Å². The third-order valence-corrected chi connectivity index (χ3v) is 11.2. The van der Waals surface area contributed by atoms with E-state index >= 15 is 0 Å². The summed E-state index contributed by atoms with van der Waals surface area (Å²) < 4.78 is 16.6. The number of hydrogen-bond acceptors (Lipinski definition) is 11. The number of carbonyl (C=O) groups excluding carboxylic acids is 2. The molecule has 2 amide bonds. The lowest BCUT2D eigenvalue weighted by Gasteiger charge is -2.40. The lowest BCUT2D eigenvalue weighted by Crippen LogP contribution is -2.60. The van der Waals surface area contributed by atoms with Crippen molar-refractivity contribution in [2.24, 2.45) is 5.92 Å². The SMILES string of the molecule is CCCCCCCCCCCCCC[C@@H](O)[C@@H](O)[C@H](COC1OC(CO)C(O)C(O)C1O)NC(=O)CCCCCCCCCCC1CN(C(=O)OC(C)(C)C)C1. The van der Waals surface area contributed by atoms with Gasteiger partial charge in [-0.05, 0) is 46.0 Å². The summed E-state index contributed by atoms with van der Waals surface area (Å²) in [6.07, 6.45) is 14.3. The molecule has 0 bridgehead atoms. The van der Waals surface area contributed by atoms with Crippen LogP contribution in [0.5, 0.6) is 0 Å². The van der Waals surface area contributed by atoms with Gasteiger partial charge < -0.3 is 55.1 Å². The molecule has 5 unspecified atom stereocenters. The normalized spacial score (nSPS) is 23.4. The lowest BCUT2D eigenvalue weighted by atomic mass is 9.93. The zero-order chi connectivity index (χ0) is 41.3. The molecule has 8 atom stereocenters. The number of ether oxygens (including phenoxy) is 3. The van der Waals surface area contributed by atoms with Gasteiger partial charge in [0.1, 0.15) is 36.1 Å². The van der Waals surface area contributed by atoms with Crippen LogP contribution >= 0.6 is 0 Å². The molecular weight excluding hydrogens is 720 g/mol. The van der Waals surface area contributed by atoms with Crippen LogP contribution in [0.15, 0.2) is 0 Å². The second kappa shape index (κ2) is 28.8. The molecule has 2 fully saturated rings. The Kier molecular flexibility index (Phi) is 26.0. The number of amides is 2. The Balaban J connectivity index is 1.67. The first-order valence-electron chi connectivity index (χ1n) is 22.3. The summed E-state index contributed by atoms with van der Waals surface area (Å²) in [5, 5.41) is 65.1. The molecule has 0 aromatic carbocycles. The Morgan fingerprint density at radius 2 is 1.27 bits per heavy atom. The first-order chi connectivity index (χ1) is 26.8. The van der Waals surface area contributed by atoms with Gasteiger partial charge in [-0.25, -0.2) is 4.79 Å². The maximum absolute atomic E-state index is 13.0. The number of aliphatic hydroxyl groups excluding tert-OH is 6. The van der Waals surface area contributed by atoms with E-state index in [1.807, 2.05) is 20.8 Å². The molecule has 2 aliphatic heterocycles. The molecule has 13 nitrogen and oxygen atoms in total. The van der Waals surface area contributed by atoms with Crippen molar-refractivity contribution in [3.63, 3.8) is 0 Å². The highest BCUT2D eigenvalue weighted by Gasteiger charge is 2.44. The molecule has 0 saturated carbocycles. The van der Waals surface area contributed by atoms with Gasteiger partial charge in [0.05, 0.1) is 25.4 Å². The number of hydrogen-bond donors (Lipinski definition) is 7. The third-order valence-electron chi connectivity index (χ3n) is 11.2. The van der Waals surface area contributed by atoms with E-state index < -0.39 is 61.2 Å². The van der Waals surface area contributed by atoms with Crippen molar-refractivity contribution < 1.29 is 54.4 Å².